The molecule has 0 aliphatic carbocycles. The quantitative estimate of drug-likeness (QED) is 0.561. The molecule has 3 nitrogen and oxygen atoms in total. The van der Waals surface area contributed by atoms with E-state index in [0.29, 0.717) is 5.92 Å². The Kier molecular flexibility index (Phi) is 10.3. The predicted molar refractivity (Wildman–Crippen MR) is 66.3 cm³/mol. The van der Waals surface area contributed by atoms with Gasteiger partial charge in [-0.15, -0.1) is 0 Å². The maximum atomic E-state index is 5.37. The minimum Gasteiger partial charge on any atom is -0.380 e. The standard InChI is InChI=1S/C12H28N2O/c1-5-13-10-12(4)11-14(6-2)8-9-15-7-3/h12-13H,5-11H2,1-4H3. The normalized spacial score (nSPS) is 13.4. The molecule has 0 aliphatic rings. The number of ether oxygens (including phenoxy) is 1. The van der Waals surface area contributed by atoms with Crippen LogP contribution in [-0.2, 0) is 4.74 Å². The molecule has 0 aromatic heterocycles. The maximum absolute atomic E-state index is 5.37. The zero-order chi connectivity index (χ0) is 11.5. The van der Waals surface area contributed by atoms with Gasteiger partial charge in [0.05, 0.1) is 6.61 Å². The van der Waals surface area contributed by atoms with Gasteiger partial charge in [-0.05, 0) is 32.5 Å². The van der Waals surface area contributed by atoms with E-state index in [9.17, 15) is 0 Å². The van der Waals surface area contributed by atoms with Crippen molar-refractivity contribution in [3.63, 3.8) is 0 Å². The van der Waals surface area contributed by atoms with Crippen molar-refractivity contribution in [1.82, 2.24) is 10.2 Å². The monoisotopic (exact) mass is 216 g/mol. The molecule has 0 rings (SSSR count). The SMILES string of the molecule is CCNCC(C)CN(CC)CCOCC. The van der Waals surface area contributed by atoms with Crippen molar-refractivity contribution in [3.05, 3.63) is 0 Å². The second-order valence-corrected chi connectivity index (χ2v) is 4.00. The third kappa shape index (κ3) is 8.85. The highest BCUT2D eigenvalue weighted by Crippen LogP contribution is 1.98. The molecule has 0 saturated heterocycles. The fourth-order valence-corrected chi connectivity index (χ4v) is 1.61. The van der Waals surface area contributed by atoms with Gasteiger partial charge < -0.3 is 15.0 Å². The van der Waals surface area contributed by atoms with Crippen molar-refractivity contribution in [3.8, 4) is 0 Å². The van der Waals surface area contributed by atoms with Crippen molar-refractivity contribution in [2.45, 2.75) is 27.7 Å². The third-order valence-corrected chi connectivity index (χ3v) is 2.52. The summed E-state index contributed by atoms with van der Waals surface area (Å²) in [5.74, 6) is 0.714. The first-order valence-electron chi connectivity index (χ1n) is 6.25. The smallest absolute Gasteiger partial charge is 0.0593 e. The van der Waals surface area contributed by atoms with Crippen LogP contribution < -0.4 is 5.32 Å². The van der Waals surface area contributed by atoms with Crippen LogP contribution in [0.5, 0.6) is 0 Å². The van der Waals surface area contributed by atoms with E-state index in [1.54, 1.807) is 0 Å². The summed E-state index contributed by atoms with van der Waals surface area (Å²) in [5, 5.41) is 3.39. The molecule has 0 aliphatic heterocycles. The van der Waals surface area contributed by atoms with E-state index < -0.39 is 0 Å². The molecule has 15 heavy (non-hydrogen) atoms. The molecule has 1 unspecified atom stereocenters. The zero-order valence-corrected chi connectivity index (χ0v) is 10.9. The summed E-state index contributed by atoms with van der Waals surface area (Å²) in [7, 11) is 0. The molecule has 0 bridgehead atoms. The Morgan fingerprint density at radius 1 is 1.27 bits per heavy atom. The van der Waals surface area contributed by atoms with Gasteiger partial charge in [-0.2, -0.15) is 0 Å². The molecule has 0 aromatic carbocycles. The van der Waals surface area contributed by atoms with Gasteiger partial charge in [0.15, 0.2) is 0 Å². The number of nitrogens with zero attached hydrogens (tertiary/aromatic N) is 1. The molecule has 3 heteroatoms. The molecule has 0 aromatic rings. The summed E-state index contributed by atoms with van der Waals surface area (Å²) < 4.78 is 5.37. The van der Waals surface area contributed by atoms with Gasteiger partial charge in [0.2, 0.25) is 0 Å². The molecular formula is C12H28N2O. The van der Waals surface area contributed by atoms with E-state index in [0.717, 1.165) is 45.9 Å². The van der Waals surface area contributed by atoms with Crippen molar-refractivity contribution < 1.29 is 4.74 Å². The van der Waals surface area contributed by atoms with E-state index in [4.69, 9.17) is 4.74 Å². The van der Waals surface area contributed by atoms with Gasteiger partial charge in [0, 0.05) is 19.7 Å². The topological polar surface area (TPSA) is 24.5 Å². The second-order valence-electron chi connectivity index (χ2n) is 4.00. The molecule has 0 radical (unpaired) electrons. The largest absolute Gasteiger partial charge is 0.380 e. The first-order valence-corrected chi connectivity index (χ1v) is 6.25. The lowest BCUT2D eigenvalue weighted by Gasteiger charge is -2.24. The average molecular weight is 216 g/mol. The summed E-state index contributed by atoms with van der Waals surface area (Å²) in [6, 6.07) is 0. The maximum Gasteiger partial charge on any atom is 0.0593 e. The zero-order valence-electron chi connectivity index (χ0n) is 10.9. The van der Waals surface area contributed by atoms with Crippen molar-refractivity contribution >= 4 is 0 Å². The molecular weight excluding hydrogens is 188 g/mol. The van der Waals surface area contributed by atoms with Crippen molar-refractivity contribution in [2.75, 3.05) is 45.9 Å². The van der Waals surface area contributed by atoms with Gasteiger partial charge in [-0.3, -0.25) is 0 Å². The Bertz CT molecular complexity index is 131. The van der Waals surface area contributed by atoms with Gasteiger partial charge >= 0.3 is 0 Å². The molecule has 1 atom stereocenters. The fourth-order valence-electron chi connectivity index (χ4n) is 1.61. The van der Waals surface area contributed by atoms with E-state index in [-0.39, 0.29) is 0 Å². The molecule has 92 valence electrons. The van der Waals surface area contributed by atoms with E-state index in [1.165, 1.54) is 0 Å². The number of hydrogen-bond acceptors (Lipinski definition) is 3. The van der Waals surface area contributed by atoms with Gasteiger partial charge in [-0.25, -0.2) is 0 Å². The number of rotatable bonds is 10. The average Bonchev–Trinajstić information content (AvgIpc) is 2.25. The Balaban J connectivity index is 3.57. The lowest BCUT2D eigenvalue weighted by atomic mass is 10.1. The molecule has 1 N–H and O–H groups in total. The number of nitrogens with one attached hydrogen (secondary N) is 1. The van der Waals surface area contributed by atoms with E-state index >= 15 is 0 Å². The van der Waals surface area contributed by atoms with Crippen LogP contribution in [0.25, 0.3) is 0 Å². The number of hydrogen-bond donors (Lipinski definition) is 1. The third-order valence-electron chi connectivity index (χ3n) is 2.52. The van der Waals surface area contributed by atoms with Crippen LogP contribution in [-0.4, -0.2) is 50.8 Å². The highest BCUT2D eigenvalue weighted by Gasteiger charge is 2.07. The molecule has 0 fully saturated rings. The van der Waals surface area contributed by atoms with Crippen LogP contribution in [0.4, 0.5) is 0 Å². The van der Waals surface area contributed by atoms with Crippen LogP contribution in [0.3, 0.4) is 0 Å². The van der Waals surface area contributed by atoms with Crippen LogP contribution in [0.1, 0.15) is 27.7 Å². The lowest BCUT2D eigenvalue weighted by Crippen LogP contribution is -2.35. The Morgan fingerprint density at radius 3 is 2.53 bits per heavy atom. The minimum absolute atomic E-state index is 0.714. The van der Waals surface area contributed by atoms with Gasteiger partial charge in [0.1, 0.15) is 0 Å². The van der Waals surface area contributed by atoms with Gasteiger partial charge in [-0.1, -0.05) is 20.8 Å². The highest BCUT2D eigenvalue weighted by molar-refractivity contribution is 4.63. The Labute approximate surface area is 95.2 Å². The Hall–Kier alpha value is -0.120. The van der Waals surface area contributed by atoms with Crippen molar-refractivity contribution in [2.24, 2.45) is 5.92 Å². The molecule has 0 heterocycles. The minimum atomic E-state index is 0.714. The first kappa shape index (κ1) is 14.9. The van der Waals surface area contributed by atoms with Crippen LogP contribution in [0.15, 0.2) is 0 Å². The first-order chi connectivity index (χ1) is 7.24. The van der Waals surface area contributed by atoms with E-state index in [1.807, 2.05) is 6.92 Å². The summed E-state index contributed by atoms with van der Waals surface area (Å²) >= 11 is 0. The Morgan fingerprint density at radius 2 is 2.00 bits per heavy atom. The van der Waals surface area contributed by atoms with Crippen LogP contribution in [0, 0.1) is 5.92 Å². The lowest BCUT2D eigenvalue weighted by molar-refractivity contribution is 0.109. The highest BCUT2D eigenvalue weighted by atomic mass is 16.5. The predicted octanol–water partition coefficient (Wildman–Crippen LogP) is 1.59. The summed E-state index contributed by atoms with van der Waals surface area (Å²) in [5.41, 5.74) is 0. The number of likely N-dealkylation sites (N-methyl/N-ethyl adjacent to an activating group) is 1. The summed E-state index contributed by atoms with van der Waals surface area (Å²) in [6.07, 6.45) is 0. The van der Waals surface area contributed by atoms with Gasteiger partial charge in [0.25, 0.3) is 0 Å². The molecule has 0 amide bonds. The van der Waals surface area contributed by atoms with Crippen LogP contribution in [0.2, 0.25) is 0 Å². The van der Waals surface area contributed by atoms with E-state index in [2.05, 4.69) is 31.0 Å². The van der Waals surface area contributed by atoms with Crippen molar-refractivity contribution in [1.29, 1.82) is 0 Å². The van der Waals surface area contributed by atoms with Crippen LogP contribution >= 0.6 is 0 Å². The summed E-state index contributed by atoms with van der Waals surface area (Å²) in [6.45, 7) is 15.9. The fraction of sp³-hybridized carbons (Fsp3) is 1.00. The molecule has 0 saturated carbocycles. The second kappa shape index (κ2) is 10.4. The molecule has 0 spiro atoms. The summed E-state index contributed by atoms with van der Waals surface area (Å²) in [4.78, 5) is 2.46.